The topological polar surface area (TPSA) is 50.7 Å². The molecule has 1 amide bonds. The van der Waals surface area contributed by atoms with E-state index in [4.69, 9.17) is 4.74 Å². The molecule has 4 nitrogen and oxygen atoms in total. The Hall–Kier alpha value is -3.14. The van der Waals surface area contributed by atoms with Gasteiger partial charge in [0.1, 0.15) is 5.75 Å². The maximum absolute atomic E-state index is 12.1. The molecule has 3 aromatic rings. The number of ether oxygens (including phenoxy) is 1. The fraction of sp³-hybridized carbons (Fsp3) is 0.100. The van der Waals surface area contributed by atoms with E-state index < -0.39 is 6.10 Å². The second kappa shape index (κ2) is 7.42. The lowest BCUT2D eigenvalue weighted by Crippen LogP contribution is -2.33. The van der Waals surface area contributed by atoms with Crippen molar-refractivity contribution in [2.24, 2.45) is 5.10 Å². The highest BCUT2D eigenvalue weighted by Crippen LogP contribution is 2.21. The van der Waals surface area contributed by atoms with Gasteiger partial charge in [0, 0.05) is 0 Å². The van der Waals surface area contributed by atoms with Gasteiger partial charge in [0.15, 0.2) is 6.10 Å². The number of hydrazone groups is 1. The Kier molecular flexibility index (Phi) is 4.87. The molecule has 0 aliphatic heterocycles. The van der Waals surface area contributed by atoms with Crippen LogP contribution in [-0.4, -0.2) is 18.2 Å². The van der Waals surface area contributed by atoms with Gasteiger partial charge >= 0.3 is 0 Å². The molecule has 0 saturated heterocycles. The average molecular weight is 318 g/mol. The molecule has 1 atom stereocenters. The lowest BCUT2D eigenvalue weighted by atomic mass is 10.1. The van der Waals surface area contributed by atoms with Gasteiger partial charge in [-0.15, -0.1) is 0 Å². The molecule has 0 bridgehead atoms. The predicted molar refractivity (Wildman–Crippen MR) is 96.2 cm³/mol. The number of amides is 1. The Labute approximate surface area is 140 Å². The van der Waals surface area contributed by atoms with E-state index in [2.05, 4.69) is 10.5 Å². The van der Waals surface area contributed by atoms with Crippen LogP contribution in [0.5, 0.6) is 5.75 Å². The molecule has 0 aromatic heterocycles. The Bertz CT molecular complexity index is 860. The summed E-state index contributed by atoms with van der Waals surface area (Å²) in [4.78, 5) is 12.1. The predicted octanol–water partition coefficient (Wildman–Crippen LogP) is 3.76. The summed E-state index contributed by atoms with van der Waals surface area (Å²) in [5.41, 5.74) is 3.41. The third-order valence-electron chi connectivity index (χ3n) is 3.59. The minimum Gasteiger partial charge on any atom is -0.481 e. The number of hydrogen-bond donors (Lipinski definition) is 1. The number of nitrogens with one attached hydrogen (secondary N) is 1. The Morgan fingerprint density at radius 2 is 1.71 bits per heavy atom. The maximum atomic E-state index is 12.1. The van der Waals surface area contributed by atoms with Crippen LogP contribution in [0, 0.1) is 0 Å². The quantitative estimate of drug-likeness (QED) is 0.575. The van der Waals surface area contributed by atoms with Crippen LogP contribution < -0.4 is 10.2 Å². The third-order valence-corrected chi connectivity index (χ3v) is 3.59. The standard InChI is InChI=1S/C20H18N2O2/c1-15(20(23)22-21-14-16-7-3-2-4-8-16)24-19-12-11-17-9-5-6-10-18(17)13-19/h2-15H,1H3,(H,22,23)/b21-14-/t15-/m1/s1. The normalized spacial score (nSPS) is 12.2. The van der Waals surface area contributed by atoms with Gasteiger partial charge in [-0.05, 0) is 35.4 Å². The van der Waals surface area contributed by atoms with Crippen molar-refractivity contribution in [3.63, 3.8) is 0 Å². The number of hydrogen-bond acceptors (Lipinski definition) is 3. The molecule has 24 heavy (non-hydrogen) atoms. The van der Waals surface area contributed by atoms with Crippen molar-refractivity contribution in [2.75, 3.05) is 0 Å². The van der Waals surface area contributed by atoms with Gasteiger partial charge in [-0.2, -0.15) is 5.10 Å². The molecule has 0 fully saturated rings. The van der Waals surface area contributed by atoms with Gasteiger partial charge in [-0.1, -0.05) is 60.7 Å². The monoisotopic (exact) mass is 318 g/mol. The lowest BCUT2D eigenvalue weighted by molar-refractivity contribution is -0.127. The first-order valence-electron chi connectivity index (χ1n) is 7.76. The molecule has 0 aliphatic carbocycles. The van der Waals surface area contributed by atoms with Crippen molar-refractivity contribution in [1.29, 1.82) is 0 Å². The first-order valence-corrected chi connectivity index (χ1v) is 7.76. The third kappa shape index (κ3) is 3.98. The van der Waals surface area contributed by atoms with Crippen molar-refractivity contribution in [2.45, 2.75) is 13.0 Å². The van der Waals surface area contributed by atoms with Gasteiger partial charge in [0.25, 0.3) is 5.91 Å². The SMILES string of the molecule is C[C@@H](Oc1ccc2ccccc2c1)C(=O)N/N=C\c1ccccc1. The highest BCUT2D eigenvalue weighted by atomic mass is 16.5. The van der Waals surface area contributed by atoms with E-state index >= 15 is 0 Å². The van der Waals surface area contributed by atoms with Crippen LogP contribution >= 0.6 is 0 Å². The molecule has 0 radical (unpaired) electrons. The molecular weight excluding hydrogens is 300 g/mol. The van der Waals surface area contributed by atoms with Crippen molar-refractivity contribution >= 4 is 22.9 Å². The van der Waals surface area contributed by atoms with Crippen LogP contribution in [0.1, 0.15) is 12.5 Å². The molecule has 1 N–H and O–H groups in total. The van der Waals surface area contributed by atoms with Crippen LogP contribution in [0.2, 0.25) is 0 Å². The van der Waals surface area contributed by atoms with E-state index in [0.717, 1.165) is 16.3 Å². The van der Waals surface area contributed by atoms with Gasteiger partial charge < -0.3 is 4.74 Å². The van der Waals surface area contributed by atoms with Crippen LogP contribution in [0.4, 0.5) is 0 Å². The summed E-state index contributed by atoms with van der Waals surface area (Å²) in [7, 11) is 0. The molecule has 0 heterocycles. The fourth-order valence-corrected chi connectivity index (χ4v) is 2.30. The van der Waals surface area contributed by atoms with Crippen LogP contribution in [0.25, 0.3) is 10.8 Å². The minimum atomic E-state index is -0.640. The molecule has 0 aliphatic rings. The van der Waals surface area contributed by atoms with E-state index in [1.807, 2.05) is 72.8 Å². The number of rotatable bonds is 5. The number of fused-ring (bicyclic) bond motifs is 1. The zero-order chi connectivity index (χ0) is 16.8. The molecule has 0 saturated carbocycles. The van der Waals surface area contributed by atoms with Crippen molar-refractivity contribution < 1.29 is 9.53 Å². The summed E-state index contributed by atoms with van der Waals surface area (Å²) in [5.74, 6) is 0.360. The van der Waals surface area contributed by atoms with Crippen LogP contribution in [-0.2, 0) is 4.79 Å². The number of nitrogens with zero attached hydrogens (tertiary/aromatic N) is 1. The second-order valence-corrected chi connectivity index (χ2v) is 5.41. The summed E-state index contributed by atoms with van der Waals surface area (Å²) in [6.45, 7) is 1.70. The van der Waals surface area contributed by atoms with Gasteiger partial charge in [0.2, 0.25) is 0 Å². The van der Waals surface area contributed by atoms with E-state index in [1.165, 1.54) is 0 Å². The van der Waals surface area contributed by atoms with Gasteiger partial charge in [-0.3, -0.25) is 4.79 Å². The molecule has 3 rings (SSSR count). The largest absolute Gasteiger partial charge is 0.481 e. The molecule has 0 unspecified atom stereocenters. The minimum absolute atomic E-state index is 0.296. The van der Waals surface area contributed by atoms with Gasteiger partial charge in [-0.25, -0.2) is 5.43 Å². The molecule has 120 valence electrons. The van der Waals surface area contributed by atoms with E-state index in [9.17, 15) is 4.79 Å². The molecule has 0 spiro atoms. The Morgan fingerprint density at radius 3 is 2.50 bits per heavy atom. The molecular formula is C20H18N2O2. The average Bonchev–Trinajstić information content (AvgIpc) is 2.62. The lowest BCUT2D eigenvalue weighted by Gasteiger charge is -2.13. The summed E-state index contributed by atoms with van der Waals surface area (Å²) in [5, 5.41) is 6.16. The van der Waals surface area contributed by atoms with E-state index in [-0.39, 0.29) is 5.91 Å². The smallest absolute Gasteiger partial charge is 0.280 e. The van der Waals surface area contributed by atoms with E-state index in [1.54, 1.807) is 13.1 Å². The van der Waals surface area contributed by atoms with Gasteiger partial charge in [0.05, 0.1) is 6.21 Å². The highest BCUT2D eigenvalue weighted by Gasteiger charge is 2.14. The zero-order valence-electron chi connectivity index (χ0n) is 13.3. The fourth-order valence-electron chi connectivity index (χ4n) is 2.30. The molecule has 4 heteroatoms. The van der Waals surface area contributed by atoms with Crippen molar-refractivity contribution in [1.82, 2.24) is 5.43 Å². The second-order valence-electron chi connectivity index (χ2n) is 5.41. The summed E-state index contributed by atoms with van der Waals surface area (Å²) < 4.78 is 5.70. The highest BCUT2D eigenvalue weighted by molar-refractivity contribution is 5.85. The first-order chi connectivity index (χ1) is 11.7. The number of benzene rings is 3. The Morgan fingerprint density at radius 1 is 1.00 bits per heavy atom. The molecule has 3 aromatic carbocycles. The zero-order valence-corrected chi connectivity index (χ0v) is 13.3. The van der Waals surface area contributed by atoms with Crippen molar-refractivity contribution in [3.8, 4) is 5.75 Å². The first kappa shape index (κ1) is 15.7. The van der Waals surface area contributed by atoms with Crippen LogP contribution in [0.3, 0.4) is 0 Å². The summed E-state index contributed by atoms with van der Waals surface area (Å²) in [6.07, 6.45) is 0.958. The number of carbonyl (C=O) groups excluding carboxylic acids is 1. The van der Waals surface area contributed by atoms with Crippen molar-refractivity contribution in [3.05, 3.63) is 78.4 Å². The Balaban J connectivity index is 1.59. The van der Waals surface area contributed by atoms with E-state index in [0.29, 0.717) is 5.75 Å². The summed E-state index contributed by atoms with van der Waals surface area (Å²) >= 11 is 0. The maximum Gasteiger partial charge on any atom is 0.280 e. The number of carbonyl (C=O) groups is 1. The summed E-state index contributed by atoms with van der Waals surface area (Å²) in [6, 6.07) is 23.3. The van der Waals surface area contributed by atoms with Crippen LogP contribution in [0.15, 0.2) is 77.9 Å².